The standard InChI is InChI=1S/C17H25N5OS.C16H25N5S.C15H23N5S.C15H22N4OS.C14H21N5S/c1-2-14-21-15-16(18-11-19-17(15)24-14)20-12-3-5-13(6-4-12)22-7-9-23-10-8-22;1-10(2)15-20-13-14(17-9-18-16(13)22-15)19-11-5-7-12(8-6-11)21(3)4;1-4-12-19-13-14(16-9-17-15(13)21-12)18-10-5-7-11(8-6-10)20(2)3;1-4-12-18-13-14(16-9-17-15(13)21-12)20-11-7-5-10(6-8-11)19(2)3;1-9-17-12-13(15-8-16-14(12)20-9)18-10-4-6-11(7-5-10)19(2)3/h11-13H,2-10H2,1H3,(H,18,19,20);9-12H,5-8H2,1-4H3,(H,17,18,19);9-11H,4-8H2,1-3H3,(H,16,17,18);9-11H,4-8H2,1-3H3;8,10-11H,4-7H2,1-3H3,(H,15,16,18). The van der Waals surface area contributed by atoms with Gasteiger partial charge in [0.1, 0.15) is 79.1 Å². The van der Waals surface area contributed by atoms with Crippen molar-refractivity contribution in [2.75, 3.05) is 104 Å². The molecular weight excluding hydrogens is 1450 g/mol. The van der Waals surface area contributed by atoms with Crippen molar-refractivity contribution in [3.8, 4) is 5.88 Å². The Morgan fingerprint density at radius 1 is 0.398 bits per heavy atom. The first-order chi connectivity index (χ1) is 52.3. The molecule has 0 aromatic carbocycles. The Labute approximate surface area is 658 Å². The van der Waals surface area contributed by atoms with Crippen LogP contribution in [0.2, 0.25) is 0 Å². The van der Waals surface area contributed by atoms with Crippen LogP contribution in [0.4, 0.5) is 23.3 Å². The summed E-state index contributed by atoms with van der Waals surface area (Å²) in [4.78, 5) is 83.7. The fraction of sp³-hybridized carbons (Fsp3) is 0.675. The molecule has 6 fully saturated rings. The minimum atomic E-state index is 0.256. The Morgan fingerprint density at radius 3 is 1.10 bits per heavy atom. The molecule has 5 saturated carbocycles. The van der Waals surface area contributed by atoms with Crippen molar-refractivity contribution in [3.05, 3.63) is 56.7 Å². The van der Waals surface area contributed by atoms with Crippen LogP contribution in [0.5, 0.6) is 5.88 Å². The Kier molecular flexibility index (Phi) is 29.4. The van der Waals surface area contributed by atoms with Gasteiger partial charge >= 0.3 is 0 Å². The summed E-state index contributed by atoms with van der Waals surface area (Å²) in [5, 5.41) is 19.9. The minimum absolute atomic E-state index is 0.256. The van der Waals surface area contributed by atoms with E-state index in [1.54, 1.807) is 88.3 Å². The number of nitrogens with one attached hydrogen (secondary N) is 4. The van der Waals surface area contributed by atoms with E-state index in [2.05, 4.69) is 202 Å². The first-order valence-electron chi connectivity index (χ1n) is 39.6. The van der Waals surface area contributed by atoms with E-state index >= 15 is 0 Å². The van der Waals surface area contributed by atoms with Gasteiger partial charge < -0.3 is 50.3 Å². The van der Waals surface area contributed by atoms with Crippen LogP contribution in [0.3, 0.4) is 0 Å². The Morgan fingerprint density at radius 2 is 0.722 bits per heavy atom. The van der Waals surface area contributed by atoms with E-state index in [0.717, 1.165) is 183 Å². The third-order valence-corrected chi connectivity index (χ3v) is 27.6. The molecule has 5 aliphatic carbocycles. The van der Waals surface area contributed by atoms with Crippen LogP contribution in [-0.4, -0.2) is 242 Å². The fourth-order valence-corrected chi connectivity index (χ4v) is 19.7. The Hall–Kier alpha value is -6.39. The highest BCUT2D eigenvalue weighted by atomic mass is 32.1. The maximum Gasteiger partial charge on any atom is 0.244 e. The second-order valence-electron chi connectivity index (χ2n) is 30.8. The van der Waals surface area contributed by atoms with Gasteiger partial charge in [0.2, 0.25) is 5.88 Å². The number of aryl methyl sites for hydroxylation is 4. The fourth-order valence-electron chi connectivity index (χ4n) is 15.6. The van der Waals surface area contributed by atoms with E-state index in [1.165, 1.54) is 116 Å². The average molecular weight is 1570 g/mol. The summed E-state index contributed by atoms with van der Waals surface area (Å²) < 4.78 is 11.6. The lowest BCUT2D eigenvalue weighted by atomic mass is 9.90. The molecule has 0 unspecified atom stereocenters. The lowest BCUT2D eigenvalue weighted by Gasteiger charge is -2.39. The van der Waals surface area contributed by atoms with Crippen LogP contribution in [-0.2, 0) is 24.0 Å². The van der Waals surface area contributed by atoms with Crippen LogP contribution < -0.4 is 26.0 Å². The second-order valence-corrected chi connectivity index (χ2v) is 36.2. The molecule has 1 aliphatic heterocycles. The van der Waals surface area contributed by atoms with E-state index in [9.17, 15) is 0 Å². The molecule has 0 amide bonds. The highest BCUT2D eigenvalue weighted by Crippen LogP contribution is 2.36. The van der Waals surface area contributed by atoms with Crippen molar-refractivity contribution >= 4 is 132 Å². The summed E-state index contributed by atoms with van der Waals surface area (Å²) in [7, 11) is 17.4. The van der Waals surface area contributed by atoms with E-state index in [0.29, 0.717) is 42.0 Å². The van der Waals surface area contributed by atoms with Crippen molar-refractivity contribution in [1.29, 1.82) is 0 Å². The summed E-state index contributed by atoms with van der Waals surface area (Å²) >= 11 is 8.27. The molecule has 16 rings (SSSR count). The average Bonchev–Trinajstić information content (AvgIpc) is 1.67. The number of ether oxygens (including phenoxy) is 2. The molecule has 0 spiro atoms. The molecule has 10 aromatic rings. The number of thiazole rings is 5. The van der Waals surface area contributed by atoms with Crippen molar-refractivity contribution in [3.63, 3.8) is 0 Å². The number of fused-ring (bicyclic) bond motifs is 5. The molecule has 108 heavy (non-hydrogen) atoms. The third kappa shape index (κ3) is 21.6. The minimum Gasteiger partial charge on any atom is -0.473 e. The van der Waals surface area contributed by atoms with Crippen molar-refractivity contribution < 1.29 is 9.47 Å². The first kappa shape index (κ1) is 81.1. The summed E-state index contributed by atoms with van der Waals surface area (Å²) in [5.41, 5.74) is 4.56. The summed E-state index contributed by atoms with van der Waals surface area (Å²) in [6.07, 6.45) is 35.3. The Bertz CT molecular complexity index is 4270. The van der Waals surface area contributed by atoms with Crippen molar-refractivity contribution in [2.45, 2.75) is 256 Å². The molecule has 26 nitrogen and oxygen atoms in total. The van der Waals surface area contributed by atoms with E-state index in [-0.39, 0.29) is 6.10 Å². The lowest BCUT2D eigenvalue weighted by Crippen LogP contribution is -2.46. The highest BCUT2D eigenvalue weighted by Gasteiger charge is 2.31. The topological polar surface area (TPSA) is 276 Å². The zero-order valence-corrected chi connectivity index (χ0v) is 70.2. The van der Waals surface area contributed by atoms with Gasteiger partial charge in [-0.3, -0.25) is 4.90 Å². The predicted octanol–water partition coefficient (Wildman–Crippen LogP) is 14.7. The quantitative estimate of drug-likeness (QED) is 0.0585. The first-order valence-corrected chi connectivity index (χ1v) is 43.6. The maximum atomic E-state index is 6.13. The molecule has 0 bridgehead atoms. The van der Waals surface area contributed by atoms with Gasteiger partial charge in [0.05, 0.1) is 38.3 Å². The zero-order chi connectivity index (χ0) is 75.8. The summed E-state index contributed by atoms with van der Waals surface area (Å²) in [6, 6.07) is 5.57. The number of hydrogen-bond acceptors (Lipinski definition) is 31. The van der Waals surface area contributed by atoms with Crippen LogP contribution in [0, 0.1) is 6.92 Å². The van der Waals surface area contributed by atoms with Crippen LogP contribution in [0.1, 0.15) is 194 Å². The van der Waals surface area contributed by atoms with Gasteiger partial charge in [-0.2, -0.15) is 4.98 Å². The van der Waals surface area contributed by atoms with Gasteiger partial charge in [-0.1, -0.05) is 91.3 Å². The predicted molar refractivity (Wildman–Crippen MR) is 445 cm³/mol. The van der Waals surface area contributed by atoms with E-state index < -0.39 is 0 Å². The van der Waals surface area contributed by atoms with Crippen LogP contribution in [0.25, 0.3) is 51.7 Å². The third-order valence-electron chi connectivity index (χ3n) is 22.2. The van der Waals surface area contributed by atoms with Gasteiger partial charge in [0, 0.05) is 73.4 Å². The molecule has 0 atom stereocenters. The molecule has 586 valence electrons. The number of nitrogens with zero attached hydrogens (tertiary/aromatic N) is 20. The normalized spacial score (nSPS) is 23.6. The molecule has 10 aromatic heterocycles. The SMILES string of the molecule is CC(C)c1nc2c(NC3CCC(N(C)C)CC3)ncnc2s1.CCc1nc2c(NC3CCC(N(C)C)CC3)ncnc2s1.CCc1nc2c(NC3CCC(N4CCOCC4)CC3)ncnc2s1.CCc1nc2c(OC3CCC(N(C)C)CC3)ncnc2s1.Cc1nc2c(NC3CCC(N(C)C)CC3)ncnc2s1. The van der Waals surface area contributed by atoms with Crippen molar-refractivity contribution in [1.82, 2.24) is 99.3 Å². The number of rotatable bonds is 19. The molecule has 4 N–H and O–H groups in total. The number of aromatic nitrogens is 15. The van der Waals surface area contributed by atoms with Gasteiger partial charge in [0.15, 0.2) is 33.6 Å². The van der Waals surface area contributed by atoms with E-state index in [1.807, 2.05) is 6.92 Å². The zero-order valence-electron chi connectivity index (χ0n) is 66.1. The van der Waals surface area contributed by atoms with Crippen LogP contribution in [0.15, 0.2) is 31.6 Å². The molecule has 31 heteroatoms. The number of anilines is 4. The maximum absolute atomic E-state index is 6.13. The Balaban J connectivity index is 0.000000126. The van der Waals surface area contributed by atoms with Gasteiger partial charge in [0.25, 0.3) is 0 Å². The smallest absolute Gasteiger partial charge is 0.244 e. The largest absolute Gasteiger partial charge is 0.473 e. The number of morpholine rings is 1. The van der Waals surface area contributed by atoms with Crippen LogP contribution >= 0.6 is 56.7 Å². The molecular formula is C77H116N24O2S5. The molecule has 6 aliphatic rings. The lowest BCUT2D eigenvalue weighted by molar-refractivity contribution is 0.00791. The van der Waals surface area contributed by atoms with Gasteiger partial charge in [-0.15, -0.1) is 0 Å². The van der Waals surface area contributed by atoms with Gasteiger partial charge in [-0.05, 0) is 211 Å². The number of hydrogen-bond donors (Lipinski definition) is 4. The molecule has 11 heterocycles. The molecule has 0 radical (unpaired) electrons. The summed E-state index contributed by atoms with van der Waals surface area (Å²) in [5.74, 6) is 4.70. The van der Waals surface area contributed by atoms with E-state index in [4.69, 9.17) is 19.4 Å². The second kappa shape index (κ2) is 39.2. The summed E-state index contributed by atoms with van der Waals surface area (Å²) in [6.45, 7) is 16.7. The monoisotopic (exact) mass is 1570 g/mol. The molecule has 1 saturated heterocycles. The van der Waals surface area contributed by atoms with Crippen molar-refractivity contribution in [2.24, 2.45) is 0 Å². The van der Waals surface area contributed by atoms with Gasteiger partial charge in [-0.25, -0.2) is 69.8 Å². The highest BCUT2D eigenvalue weighted by molar-refractivity contribution is 7.19.